The molecule has 2 amide bonds. The Balaban J connectivity index is 3.90. The zero-order valence-electron chi connectivity index (χ0n) is 6.00. The van der Waals surface area contributed by atoms with Gasteiger partial charge in [0.25, 0.3) is 0 Å². The van der Waals surface area contributed by atoms with Crippen molar-refractivity contribution in [1.29, 1.82) is 0 Å². The first-order valence-electron chi connectivity index (χ1n) is 2.73. The van der Waals surface area contributed by atoms with E-state index in [-0.39, 0.29) is 5.91 Å². The SMILES string of the molecule is CN(C)C(=O)/C=C/C(N)=O. The lowest BCUT2D eigenvalue weighted by Gasteiger charge is -2.04. The molecule has 0 rings (SSSR count). The van der Waals surface area contributed by atoms with E-state index in [0.717, 1.165) is 12.2 Å². The van der Waals surface area contributed by atoms with E-state index >= 15 is 0 Å². The van der Waals surface area contributed by atoms with Crippen LogP contribution in [0.2, 0.25) is 0 Å². The van der Waals surface area contributed by atoms with E-state index in [4.69, 9.17) is 5.73 Å². The molecule has 2 N–H and O–H groups in total. The average Bonchev–Trinajstić information content (AvgIpc) is 1.82. The van der Waals surface area contributed by atoms with Crippen LogP contribution in [0.25, 0.3) is 0 Å². The van der Waals surface area contributed by atoms with Gasteiger partial charge in [0, 0.05) is 26.2 Å². The number of nitrogens with zero attached hydrogens (tertiary/aromatic N) is 1. The minimum absolute atomic E-state index is 0.251. The van der Waals surface area contributed by atoms with Gasteiger partial charge in [0.15, 0.2) is 0 Å². The number of rotatable bonds is 2. The van der Waals surface area contributed by atoms with Crippen LogP contribution in [0.1, 0.15) is 0 Å². The van der Waals surface area contributed by atoms with E-state index in [1.807, 2.05) is 0 Å². The molecule has 0 aliphatic heterocycles. The van der Waals surface area contributed by atoms with Crippen molar-refractivity contribution in [2.75, 3.05) is 14.1 Å². The molecule has 10 heavy (non-hydrogen) atoms. The molecule has 0 spiro atoms. The number of amides is 2. The standard InChI is InChI=1S/C6H10N2O2/c1-8(2)6(10)4-3-5(7)9/h3-4H,1-2H3,(H2,7,9)/b4-3+. The van der Waals surface area contributed by atoms with Gasteiger partial charge in [0.1, 0.15) is 0 Å². The fourth-order valence-electron chi connectivity index (χ4n) is 0.302. The first-order valence-corrected chi connectivity index (χ1v) is 2.73. The summed E-state index contributed by atoms with van der Waals surface area (Å²) in [4.78, 5) is 22.1. The molecular weight excluding hydrogens is 132 g/mol. The Kier molecular flexibility index (Phi) is 3.17. The van der Waals surface area contributed by atoms with Gasteiger partial charge < -0.3 is 10.6 Å². The molecule has 0 saturated carbocycles. The van der Waals surface area contributed by atoms with E-state index in [0.29, 0.717) is 0 Å². The summed E-state index contributed by atoms with van der Waals surface area (Å²) < 4.78 is 0. The number of hydrogen-bond acceptors (Lipinski definition) is 2. The van der Waals surface area contributed by atoms with Crippen LogP contribution in [0.15, 0.2) is 12.2 Å². The third-order valence-electron chi connectivity index (χ3n) is 0.831. The third kappa shape index (κ3) is 3.65. The molecule has 4 heteroatoms. The molecule has 0 unspecified atom stereocenters. The van der Waals surface area contributed by atoms with Crippen molar-refractivity contribution in [2.45, 2.75) is 0 Å². The van der Waals surface area contributed by atoms with Crippen LogP contribution in [-0.4, -0.2) is 30.8 Å². The van der Waals surface area contributed by atoms with Gasteiger partial charge in [-0.25, -0.2) is 0 Å². The Morgan fingerprint density at radius 2 is 1.80 bits per heavy atom. The Morgan fingerprint density at radius 3 is 2.10 bits per heavy atom. The molecule has 0 aromatic carbocycles. The highest BCUT2D eigenvalue weighted by Gasteiger charge is 1.96. The van der Waals surface area contributed by atoms with Crippen LogP contribution >= 0.6 is 0 Å². The first-order chi connectivity index (χ1) is 4.54. The fraction of sp³-hybridized carbons (Fsp3) is 0.333. The Labute approximate surface area is 59.3 Å². The molecule has 0 fully saturated rings. The maximum Gasteiger partial charge on any atom is 0.246 e. The van der Waals surface area contributed by atoms with E-state index in [1.165, 1.54) is 4.90 Å². The minimum Gasteiger partial charge on any atom is -0.366 e. The predicted molar refractivity (Wildman–Crippen MR) is 37.0 cm³/mol. The molecule has 4 nitrogen and oxygen atoms in total. The van der Waals surface area contributed by atoms with Crippen LogP contribution in [-0.2, 0) is 9.59 Å². The Bertz CT molecular complexity index is 173. The first kappa shape index (κ1) is 8.68. The fourth-order valence-corrected chi connectivity index (χ4v) is 0.302. The summed E-state index contributed by atoms with van der Waals surface area (Å²) in [6, 6.07) is 0. The summed E-state index contributed by atoms with van der Waals surface area (Å²) in [5.74, 6) is -0.867. The third-order valence-corrected chi connectivity index (χ3v) is 0.831. The summed E-state index contributed by atoms with van der Waals surface area (Å²) in [7, 11) is 3.18. The molecule has 0 atom stereocenters. The zero-order chi connectivity index (χ0) is 8.15. The van der Waals surface area contributed by atoms with Gasteiger partial charge in [0.2, 0.25) is 11.8 Å². The highest BCUT2D eigenvalue weighted by Crippen LogP contribution is 1.79. The second kappa shape index (κ2) is 3.66. The molecule has 0 aliphatic rings. The molecule has 56 valence electrons. The molecule has 0 aromatic rings. The zero-order valence-corrected chi connectivity index (χ0v) is 6.00. The Morgan fingerprint density at radius 1 is 1.30 bits per heavy atom. The van der Waals surface area contributed by atoms with E-state index in [9.17, 15) is 9.59 Å². The van der Waals surface area contributed by atoms with Crippen molar-refractivity contribution in [1.82, 2.24) is 4.90 Å². The highest BCUT2D eigenvalue weighted by atomic mass is 16.2. The number of hydrogen-bond donors (Lipinski definition) is 1. The molecule has 0 bridgehead atoms. The van der Waals surface area contributed by atoms with E-state index < -0.39 is 5.91 Å². The lowest BCUT2D eigenvalue weighted by Crippen LogP contribution is -2.19. The number of nitrogens with two attached hydrogens (primary N) is 1. The summed E-state index contributed by atoms with van der Waals surface area (Å²) in [5.41, 5.74) is 4.74. The van der Waals surface area contributed by atoms with Gasteiger partial charge in [-0.3, -0.25) is 9.59 Å². The largest absolute Gasteiger partial charge is 0.366 e. The molecular formula is C6H10N2O2. The second-order valence-electron chi connectivity index (χ2n) is 1.97. The van der Waals surface area contributed by atoms with Crippen molar-refractivity contribution >= 4 is 11.8 Å². The van der Waals surface area contributed by atoms with Crippen molar-refractivity contribution in [3.8, 4) is 0 Å². The normalized spacial score (nSPS) is 9.80. The molecule has 0 heterocycles. The van der Waals surface area contributed by atoms with Gasteiger partial charge in [-0.05, 0) is 0 Å². The van der Waals surface area contributed by atoms with Crippen molar-refractivity contribution in [2.24, 2.45) is 5.73 Å². The van der Waals surface area contributed by atoms with E-state index in [1.54, 1.807) is 14.1 Å². The molecule has 0 aromatic heterocycles. The summed E-state index contributed by atoms with van der Waals surface area (Å²) in [5, 5.41) is 0. The van der Waals surface area contributed by atoms with Gasteiger partial charge in [-0.2, -0.15) is 0 Å². The summed E-state index contributed by atoms with van der Waals surface area (Å²) in [6.07, 6.45) is 2.16. The Hall–Kier alpha value is -1.32. The maximum atomic E-state index is 10.7. The monoisotopic (exact) mass is 142 g/mol. The van der Waals surface area contributed by atoms with Gasteiger partial charge >= 0.3 is 0 Å². The maximum absolute atomic E-state index is 10.7. The number of primary amides is 1. The van der Waals surface area contributed by atoms with Crippen LogP contribution in [0.5, 0.6) is 0 Å². The van der Waals surface area contributed by atoms with Gasteiger partial charge in [0.05, 0.1) is 0 Å². The van der Waals surface area contributed by atoms with Crippen LogP contribution in [0.3, 0.4) is 0 Å². The van der Waals surface area contributed by atoms with E-state index in [2.05, 4.69) is 0 Å². The lowest BCUT2D eigenvalue weighted by atomic mass is 10.4. The van der Waals surface area contributed by atoms with Crippen molar-refractivity contribution in [3.05, 3.63) is 12.2 Å². The number of carbonyl (C=O) groups excluding carboxylic acids is 2. The van der Waals surface area contributed by atoms with Crippen molar-refractivity contribution < 1.29 is 9.59 Å². The number of carbonyl (C=O) groups is 2. The van der Waals surface area contributed by atoms with Crippen molar-refractivity contribution in [3.63, 3.8) is 0 Å². The topological polar surface area (TPSA) is 63.4 Å². The lowest BCUT2D eigenvalue weighted by molar-refractivity contribution is -0.124. The highest BCUT2D eigenvalue weighted by molar-refractivity contribution is 5.95. The summed E-state index contributed by atoms with van der Waals surface area (Å²) in [6.45, 7) is 0. The second-order valence-corrected chi connectivity index (χ2v) is 1.97. The van der Waals surface area contributed by atoms with Gasteiger partial charge in [-0.1, -0.05) is 0 Å². The minimum atomic E-state index is -0.616. The molecule has 0 aliphatic carbocycles. The smallest absolute Gasteiger partial charge is 0.246 e. The summed E-state index contributed by atoms with van der Waals surface area (Å²) >= 11 is 0. The van der Waals surface area contributed by atoms with Gasteiger partial charge in [-0.15, -0.1) is 0 Å². The average molecular weight is 142 g/mol. The number of likely N-dealkylation sites (N-methyl/N-ethyl adjacent to an activating group) is 1. The van der Waals surface area contributed by atoms with Crippen LogP contribution in [0.4, 0.5) is 0 Å². The predicted octanol–water partition coefficient (Wildman–Crippen LogP) is -0.884. The quantitative estimate of drug-likeness (QED) is 0.509. The molecule has 0 radical (unpaired) electrons. The van der Waals surface area contributed by atoms with Crippen LogP contribution in [0, 0.1) is 0 Å². The van der Waals surface area contributed by atoms with Crippen LogP contribution < -0.4 is 5.73 Å². The molecule has 0 saturated heterocycles.